The van der Waals surface area contributed by atoms with Crippen LogP contribution in [0.4, 0.5) is 0 Å². The Morgan fingerprint density at radius 2 is 1.62 bits per heavy atom. The highest BCUT2D eigenvalue weighted by Crippen LogP contribution is 2.61. The van der Waals surface area contributed by atoms with Crippen LogP contribution in [0.3, 0.4) is 0 Å². The molecule has 4 nitrogen and oxygen atoms in total. The van der Waals surface area contributed by atoms with Gasteiger partial charge in [0.2, 0.25) is 0 Å². The van der Waals surface area contributed by atoms with E-state index in [9.17, 15) is 20.1 Å². The highest BCUT2D eigenvalue weighted by Gasteiger charge is 2.51. The molecule has 0 saturated heterocycles. The zero-order valence-electron chi connectivity index (χ0n) is 11.8. The van der Waals surface area contributed by atoms with E-state index in [1.165, 1.54) is 25.3 Å². The van der Waals surface area contributed by atoms with Gasteiger partial charge in [0.25, 0.3) is 0 Å². The van der Waals surface area contributed by atoms with Crippen LogP contribution in [0.5, 0.6) is 11.5 Å². The number of carboxylic acids is 1. The second-order valence-electron chi connectivity index (χ2n) is 7.37. The van der Waals surface area contributed by atoms with E-state index in [2.05, 4.69) is 0 Å². The van der Waals surface area contributed by atoms with Crippen molar-refractivity contribution in [1.29, 1.82) is 0 Å². The van der Waals surface area contributed by atoms with Gasteiger partial charge in [0.15, 0.2) is 0 Å². The number of hydrogen-bond acceptors (Lipinski definition) is 3. The van der Waals surface area contributed by atoms with E-state index in [0.29, 0.717) is 23.3 Å². The molecule has 5 rings (SSSR count). The van der Waals surface area contributed by atoms with Crippen molar-refractivity contribution < 1.29 is 20.1 Å². The molecule has 1 aromatic rings. The lowest BCUT2D eigenvalue weighted by Crippen LogP contribution is -2.48. The molecule has 4 aliphatic rings. The van der Waals surface area contributed by atoms with Crippen molar-refractivity contribution in [3.63, 3.8) is 0 Å². The van der Waals surface area contributed by atoms with E-state index in [-0.39, 0.29) is 16.7 Å². The summed E-state index contributed by atoms with van der Waals surface area (Å²) in [6.45, 7) is 0. The van der Waals surface area contributed by atoms with Crippen molar-refractivity contribution in [2.75, 3.05) is 0 Å². The average Bonchev–Trinajstić information content (AvgIpc) is 2.35. The topological polar surface area (TPSA) is 80.6 Å². The Kier molecular flexibility index (Phi) is 2.57. The van der Waals surface area contributed by atoms with Crippen molar-refractivity contribution >= 4 is 5.97 Å². The van der Waals surface area contributed by atoms with E-state index in [1.54, 1.807) is 0 Å². The van der Waals surface area contributed by atoms with E-state index >= 15 is 0 Å². The number of aromatic hydroxyl groups is 1. The van der Waals surface area contributed by atoms with Crippen molar-refractivity contribution in [2.24, 2.45) is 17.8 Å². The number of phenols is 1. The van der Waals surface area contributed by atoms with Crippen LogP contribution in [0, 0.1) is 17.8 Å². The number of aromatic carboxylic acids is 1. The molecule has 0 radical (unpaired) electrons. The second-order valence-corrected chi connectivity index (χ2v) is 7.37. The van der Waals surface area contributed by atoms with Gasteiger partial charge in [-0.1, -0.05) is 0 Å². The van der Waals surface area contributed by atoms with E-state index in [0.717, 1.165) is 25.3 Å². The van der Waals surface area contributed by atoms with Gasteiger partial charge in [-0.15, -0.1) is 5.75 Å². The lowest BCUT2D eigenvalue weighted by molar-refractivity contribution is -0.271. The molecule has 0 atom stereocenters. The van der Waals surface area contributed by atoms with Gasteiger partial charge in [0.05, 0.1) is 0 Å². The molecule has 112 valence electrons. The Morgan fingerprint density at radius 1 is 1.10 bits per heavy atom. The van der Waals surface area contributed by atoms with Gasteiger partial charge < -0.3 is 15.3 Å². The molecule has 4 heteroatoms. The summed E-state index contributed by atoms with van der Waals surface area (Å²) in [5.41, 5.74) is 0.362. The van der Waals surface area contributed by atoms with Crippen LogP contribution in [-0.2, 0) is 5.41 Å². The zero-order chi connectivity index (χ0) is 14.8. The van der Waals surface area contributed by atoms with Crippen molar-refractivity contribution in [3.8, 4) is 11.5 Å². The van der Waals surface area contributed by atoms with Crippen LogP contribution in [-0.4, -0.2) is 16.2 Å². The van der Waals surface area contributed by atoms with E-state index in [4.69, 9.17) is 0 Å². The van der Waals surface area contributed by atoms with Crippen LogP contribution >= 0.6 is 0 Å². The second kappa shape index (κ2) is 4.15. The molecule has 21 heavy (non-hydrogen) atoms. The first-order chi connectivity index (χ1) is 9.97. The maximum Gasteiger partial charge on any atom is 0.339 e. The van der Waals surface area contributed by atoms with Crippen molar-refractivity contribution in [3.05, 3.63) is 23.3 Å². The predicted molar refractivity (Wildman–Crippen MR) is 74.4 cm³/mol. The number of rotatable bonds is 2. The van der Waals surface area contributed by atoms with Crippen LogP contribution in [0.25, 0.3) is 0 Å². The standard InChI is InChI=1S/C17H20O4/c18-14-5-15(19)13(4-12(14)16(20)21)17-6-9-1-10(7-17)3-11(2-9)8-17/h4-5,9-11,18-19H,1-3,6-8H2,(H,20,21)/p-1. The van der Waals surface area contributed by atoms with Crippen LogP contribution in [0.2, 0.25) is 0 Å². The summed E-state index contributed by atoms with van der Waals surface area (Å²) in [6, 6.07) is 2.55. The first-order valence-corrected chi connectivity index (χ1v) is 7.75. The first-order valence-electron chi connectivity index (χ1n) is 7.75. The lowest BCUT2D eigenvalue weighted by atomic mass is 9.48. The van der Waals surface area contributed by atoms with E-state index in [1.807, 2.05) is 0 Å². The largest absolute Gasteiger partial charge is 0.872 e. The molecule has 0 aromatic heterocycles. The molecule has 0 heterocycles. The molecular weight excluding hydrogens is 268 g/mol. The normalized spacial score (nSPS) is 36.9. The zero-order valence-corrected chi connectivity index (χ0v) is 11.8. The van der Waals surface area contributed by atoms with Crippen LogP contribution in [0.15, 0.2) is 12.1 Å². The monoisotopic (exact) mass is 287 g/mol. The SMILES string of the molecule is O=C(O)c1cc(C23CC4CC(CC(C4)C2)C3)c([O-])cc1O. The predicted octanol–water partition coefficient (Wildman–Crippen LogP) is 2.63. The van der Waals surface area contributed by atoms with Gasteiger partial charge >= 0.3 is 5.97 Å². The van der Waals surface area contributed by atoms with Gasteiger partial charge in [-0.25, -0.2) is 4.79 Å². The fourth-order valence-electron chi connectivity index (χ4n) is 5.60. The highest BCUT2D eigenvalue weighted by atomic mass is 16.4. The summed E-state index contributed by atoms with van der Waals surface area (Å²) in [6.07, 6.45) is 6.86. The Labute approximate surface area is 123 Å². The quantitative estimate of drug-likeness (QED) is 0.876. The molecule has 2 N–H and O–H groups in total. The molecular formula is C17H19O4-. The molecule has 0 aliphatic heterocycles. The highest BCUT2D eigenvalue weighted by molar-refractivity contribution is 5.91. The fraction of sp³-hybridized carbons (Fsp3) is 0.588. The minimum atomic E-state index is -1.17. The van der Waals surface area contributed by atoms with Crippen LogP contribution in [0.1, 0.15) is 54.4 Å². The molecule has 4 saturated carbocycles. The molecule has 4 fully saturated rings. The summed E-state index contributed by atoms with van der Waals surface area (Å²) in [4.78, 5) is 11.3. The van der Waals surface area contributed by atoms with Crippen molar-refractivity contribution in [2.45, 2.75) is 43.9 Å². The number of carbonyl (C=O) groups is 1. The Balaban J connectivity index is 1.83. The molecule has 4 bridgehead atoms. The number of carboxylic acid groups (broad SMARTS) is 1. The maximum absolute atomic E-state index is 12.4. The van der Waals surface area contributed by atoms with Crippen molar-refractivity contribution in [1.82, 2.24) is 0 Å². The molecule has 1 aromatic carbocycles. The maximum atomic E-state index is 12.4. The van der Waals surface area contributed by atoms with E-state index < -0.39 is 11.7 Å². The molecule has 0 unspecified atom stereocenters. The number of hydrogen-bond donors (Lipinski definition) is 2. The number of benzene rings is 1. The Bertz CT molecular complexity index is 584. The van der Waals surface area contributed by atoms with Gasteiger partial charge in [-0.2, -0.15) is 0 Å². The minimum absolute atomic E-state index is 0.135. The summed E-state index contributed by atoms with van der Waals surface area (Å²) < 4.78 is 0. The Morgan fingerprint density at radius 3 is 2.10 bits per heavy atom. The third kappa shape index (κ3) is 1.84. The third-order valence-corrected chi connectivity index (χ3v) is 5.94. The fourth-order valence-corrected chi connectivity index (χ4v) is 5.60. The van der Waals surface area contributed by atoms with Gasteiger partial charge in [0, 0.05) is 0 Å². The van der Waals surface area contributed by atoms with Gasteiger partial charge in [-0.05, 0) is 79.4 Å². The van der Waals surface area contributed by atoms with Gasteiger partial charge in [0.1, 0.15) is 11.3 Å². The first kappa shape index (κ1) is 13.0. The lowest BCUT2D eigenvalue weighted by Gasteiger charge is -2.58. The Hall–Kier alpha value is -1.71. The molecule has 4 aliphatic carbocycles. The summed E-state index contributed by atoms with van der Waals surface area (Å²) >= 11 is 0. The molecule has 0 amide bonds. The summed E-state index contributed by atoms with van der Waals surface area (Å²) in [5, 5.41) is 31.3. The minimum Gasteiger partial charge on any atom is -0.872 e. The van der Waals surface area contributed by atoms with Crippen LogP contribution < -0.4 is 5.11 Å². The van der Waals surface area contributed by atoms with Gasteiger partial charge in [-0.3, -0.25) is 0 Å². The average molecular weight is 287 g/mol. The molecule has 0 spiro atoms. The summed E-state index contributed by atoms with van der Waals surface area (Å²) in [7, 11) is 0. The summed E-state index contributed by atoms with van der Waals surface area (Å²) in [5.74, 6) is 0.298. The third-order valence-electron chi connectivity index (χ3n) is 5.94. The smallest absolute Gasteiger partial charge is 0.339 e.